The number of amides is 1. The summed E-state index contributed by atoms with van der Waals surface area (Å²) in [6.45, 7) is 0.523. The lowest BCUT2D eigenvalue weighted by Gasteiger charge is -2.04. The summed E-state index contributed by atoms with van der Waals surface area (Å²) >= 11 is 7.46. The predicted molar refractivity (Wildman–Crippen MR) is 64.7 cm³/mol. The minimum absolute atomic E-state index is 0.180. The van der Waals surface area contributed by atoms with E-state index in [9.17, 15) is 4.79 Å². The third-order valence-electron chi connectivity index (χ3n) is 2.02. The Morgan fingerprint density at radius 2 is 2.38 bits per heavy atom. The van der Waals surface area contributed by atoms with E-state index < -0.39 is 0 Å². The molecule has 16 heavy (non-hydrogen) atoms. The summed E-state index contributed by atoms with van der Waals surface area (Å²) in [7, 11) is 0. The van der Waals surface area contributed by atoms with Crippen LogP contribution in [0.25, 0.3) is 0 Å². The largest absolute Gasteiger partial charge is 0.347 e. The van der Waals surface area contributed by atoms with Crippen LogP contribution in [0.15, 0.2) is 36.0 Å². The van der Waals surface area contributed by atoms with E-state index in [0.29, 0.717) is 17.1 Å². The quantitative estimate of drug-likeness (QED) is 0.913. The third kappa shape index (κ3) is 2.59. The van der Waals surface area contributed by atoms with Gasteiger partial charge < -0.3 is 5.32 Å². The zero-order valence-corrected chi connectivity index (χ0v) is 9.89. The Morgan fingerprint density at radius 1 is 1.50 bits per heavy atom. The molecule has 2 aromatic rings. The number of thiophene rings is 1. The van der Waals surface area contributed by atoms with Crippen LogP contribution in [0.1, 0.15) is 15.2 Å². The van der Waals surface area contributed by atoms with Crippen LogP contribution in [0.2, 0.25) is 5.02 Å². The molecule has 82 valence electrons. The fourth-order valence-corrected chi connectivity index (χ4v) is 2.08. The maximum atomic E-state index is 11.7. The summed E-state index contributed by atoms with van der Waals surface area (Å²) < 4.78 is 0. The Labute approximate surface area is 102 Å². The zero-order valence-electron chi connectivity index (χ0n) is 8.31. The molecular formula is C11H9ClN2OS. The highest BCUT2D eigenvalue weighted by Gasteiger charge is 2.09. The molecule has 2 aromatic heterocycles. The van der Waals surface area contributed by atoms with Crippen LogP contribution >= 0.6 is 22.9 Å². The van der Waals surface area contributed by atoms with Gasteiger partial charge in [-0.1, -0.05) is 17.7 Å². The monoisotopic (exact) mass is 252 g/mol. The van der Waals surface area contributed by atoms with Crippen LogP contribution in [-0.4, -0.2) is 10.9 Å². The lowest BCUT2D eigenvalue weighted by molar-refractivity contribution is 0.0951. The summed E-state index contributed by atoms with van der Waals surface area (Å²) in [4.78, 5) is 16.7. The van der Waals surface area contributed by atoms with Gasteiger partial charge in [-0.05, 0) is 17.5 Å². The molecule has 5 heteroatoms. The Hall–Kier alpha value is -1.39. The molecule has 1 amide bonds. The summed E-state index contributed by atoms with van der Waals surface area (Å²) in [5.74, 6) is -0.180. The average Bonchev–Trinajstić information content (AvgIpc) is 2.79. The molecule has 0 atom stereocenters. The van der Waals surface area contributed by atoms with E-state index in [4.69, 9.17) is 11.6 Å². The zero-order chi connectivity index (χ0) is 11.4. The third-order valence-corrected chi connectivity index (χ3v) is 3.20. The number of halogens is 1. The number of hydrogen-bond donors (Lipinski definition) is 1. The van der Waals surface area contributed by atoms with Gasteiger partial charge in [0.05, 0.1) is 17.1 Å². The van der Waals surface area contributed by atoms with E-state index in [1.54, 1.807) is 23.6 Å². The molecule has 0 spiro atoms. The first-order valence-electron chi connectivity index (χ1n) is 4.67. The highest BCUT2D eigenvalue weighted by atomic mass is 35.5. The van der Waals surface area contributed by atoms with Gasteiger partial charge in [-0.2, -0.15) is 0 Å². The molecule has 0 aliphatic rings. The van der Waals surface area contributed by atoms with Gasteiger partial charge in [-0.25, -0.2) is 0 Å². The number of pyridine rings is 1. The van der Waals surface area contributed by atoms with Gasteiger partial charge in [0.15, 0.2) is 0 Å². The van der Waals surface area contributed by atoms with Crippen molar-refractivity contribution in [1.82, 2.24) is 10.3 Å². The van der Waals surface area contributed by atoms with Crippen molar-refractivity contribution in [2.45, 2.75) is 6.54 Å². The molecule has 0 aliphatic heterocycles. The van der Waals surface area contributed by atoms with Crippen molar-refractivity contribution in [3.63, 3.8) is 0 Å². The summed E-state index contributed by atoms with van der Waals surface area (Å²) in [6.07, 6.45) is 3.01. The Bertz CT molecular complexity index is 484. The molecule has 0 aliphatic carbocycles. The molecule has 2 rings (SSSR count). The van der Waals surface area contributed by atoms with Crippen LogP contribution in [0.4, 0.5) is 0 Å². The summed E-state index contributed by atoms with van der Waals surface area (Å²) in [5.41, 5.74) is 0.452. The van der Waals surface area contributed by atoms with Crippen LogP contribution in [0.5, 0.6) is 0 Å². The van der Waals surface area contributed by atoms with E-state index in [1.807, 2.05) is 17.5 Å². The SMILES string of the molecule is O=C(NCc1cccs1)c1ccncc1Cl. The number of carbonyl (C=O) groups is 1. The van der Waals surface area contributed by atoms with Crippen molar-refractivity contribution in [3.8, 4) is 0 Å². The van der Waals surface area contributed by atoms with Crippen molar-refractivity contribution < 1.29 is 4.79 Å². The van der Waals surface area contributed by atoms with E-state index in [0.717, 1.165) is 4.88 Å². The number of aromatic nitrogens is 1. The molecule has 0 radical (unpaired) electrons. The van der Waals surface area contributed by atoms with Gasteiger partial charge in [0.2, 0.25) is 0 Å². The van der Waals surface area contributed by atoms with Gasteiger partial charge in [0.25, 0.3) is 5.91 Å². The van der Waals surface area contributed by atoms with Crippen molar-refractivity contribution in [2.24, 2.45) is 0 Å². The van der Waals surface area contributed by atoms with Gasteiger partial charge in [0.1, 0.15) is 0 Å². The smallest absolute Gasteiger partial charge is 0.253 e. The second kappa shape index (κ2) is 5.09. The standard InChI is InChI=1S/C11H9ClN2OS/c12-10-7-13-4-3-9(10)11(15)14-6-8-2-1-5-16-8/h1-5,7H,6H2,(H,14,15). The number of hydrogen-bond acceptors (Lipinski definition) is 3. The number of nitrogens with one attached hydrogen (secondary N) is 1. The molecule has 0 saturated heterocycles. The molecule has 0 unspecified atom stereocenters. The minimum atomic E-state index is -0.180. The van der Waals surface area contributed by atoms with E-state index in [2.05, 4.69) is 10.3 Å². The van der Waals surface area contributed by atoms with Crippen molar-refractivity contribution in [3.05, 3.63) is 51.4 Å². The van der Waals surface area contributed by atoms with E-state index in [1.165, 1.54) is 6.20 Å². The maximum Gasteiger partial charge on any atom is 0.253 e. The Morgan fingerprint density at radius 3 is 3.06 bits per heavy atom. The van der Waals surface area contributed by atoms with E-state index in [-0.39, 0.29) is 5.91 Å². The maximum absolute atomic E-state index is 11.7. The average molecular weight is 253 g/mol. The number of nitrogens with zero attached hydrogens (tertiary/aromatic N) is 1. The highest BCUT2D eigenvalue weighted by Crippen LogP contribution is 2.13. The second-order valence-electron chi connectivity index (χ2n) is 3.12. The predicted octanol–water partition coefficient (Wildman–Crippen LogP) is 2.73. The molecular weight excluding hydrogens is 244 g/mol. The van der Waals surface area contributed by atoms with Crippen molar-refractivity contribution >= 4 is 28.8 Å². The second-order valence-corrected chi connectivity index (χ2v) is 4.56. The molecule has 0 aromatic carbocycles. The van der Waals surface area contributed by atoms with Crippen molar-refractivity contribution in [1.29, 1.82) is 0 Å². The number of rotatable bonds is 3. The minimum Gasteiger partial charge on any atom is -0.347 e. The molecule has 1 N–H and O–H groups in total. The Balaban J connectivity index is 2.01. The van der Waals surface area contributed by atoms with Crippen LogP contribution in [0.3, 0.4) is 0 Å². The van der Waals surface area contributed by atoms with Gasteiger partial charge >= 0.3 is 0 Å². The van der Waals surface area contributed by atoms with Crippen LogP contribution < -0.4 is 5.32 Å². The molecule has 0 bridgehead atoms. The normalized spacial score (nSPS) is 10.1. The fraction of sp³-hybridized carbons (Fsp3) is 0.0909. The van der Waals surface area contributed by atoms with Gasteiger partial charge in [-0.3, -0.25) is 9.78 Å². The summed E-state index contributed by atoms with van der Waals surface area (Å²) in [6, 6.07) is 5.52. The molecule has 3 nitrogen and oxygen atoms in total. The van der Waals surface area contributed by atoms with E-state index >= 15 is 0 Å². The first-order valence-corrected chi connectivity index (χ1v) is 5.93. The van der Waals surface area contributed by atoms with Gasteiger partial charge in [0, 0.05) is 17.3 Å². The van der Waals surface area contributed by atoms with Crippen LogP contribution in [-0.2, 0) is 6.54 Å². The first kappa shape index (κ1) is 11.1. The number of carbonyl (C=O) groups excluding carboxylic acids is 1. The lowest BCUT2D eigenvalue weighted by atomic mass is 10.2. The highest BCUT2D eigenvalue weighted by molar-refractivity contribution is 7.09. The fourth-order valence-electron chi connectivity index (χ4n) is 1.24. The lowest BCUT2D eigenvalue weighted by Crippen LogP contribution is -2.22. The first-order chi connectivity index (χ1) is 7.77. The van der Waals surface area contributed by atoms with Gasteiger partial charge in [-0.15, -0.1) is 11.3 Å². The summed E-state index contributed by atoms with van der Waals surface area (Å²) in [5, 5.41) is 5.14. The van der Waals surface area contributed by atoms with Crippen LogP contribution in [0, 0.1) is 0 Å². The molecule has 0 saturated carbocycles. The van der Waals surface area contributed by atoms with Crippen molar-refractivity contribution in [2.75, 3.05) is 0 Å². The Kier molecular flexibility index (Phi) is 3.54. The topological polar surface area (TPSA) is 42.0 Å². The molecule has 2 heterocycles. The molecule has 0 fully saturated rings.